The molecule has 0 saturated carbocycles. The molecule has 0 radical (unpaired) electrons. The van der Waals surface area contributed by atoms with Gasteiger partial charge in [0.15, 0.2) is 5.17 Å². The molecule has 1 unspecified atom stereocenters. The van der Waals surface area contributed by atoms with Crippen molar-refractivity contribution < 1.29 is 9.47 Å². The molecule has 0 amide bonds. The van der Waals surface area contributed by atoms with Crippen LogP contribution in [-0.2, 0) is 16.1 Å². The lowest BCUT2D eigenvalue weighted by Gasteiger charge is -2.43. The molecule has 0 bridgehead atoms. The van der Waals surface area contributed by atoms with E-state index < -0.39 is 0 Å². The van der Waals surface area contributed by atoms with Crippen LogP contribution in [0.1, 0.15) is 19.4 Å². The van der Waals surface area contributed by atoms with E-state index in [4.69, 9.17) is 20.2 Å². The molecule has 24 heavy (non-hydrogen) atoms. The quantitative estimate of drug-likeness (QED) is 0.904. The van der Waals surface area contributed by atoms with E-state index in [0.29, 0.717) is 6.61 Å². The summed E-state index contributed by atoms with van der Waals surface area (Å²) in [4.78, 5) is 6.90. The number of nitrogens with zero attached hydrogens (tertiary/aromatic N) is 2. The third-order valence-electron chi connectivity index (χ3n) is 4.61. The van der Waals surface area contributed by atoms with Crippen LogP contribution in [0, 0.1) is 5.92 Å². The highest BCUT2D eigenvalue weighted by Gasteiger charge is 2.49. The Labute approximate surface area is 148 Å². The summed E-state index contributed by atoms with van der Waals surface area (Å²) in [6.45, 7) is 4.75. The Morgan fingerprint density at radius 1 is 1.33 bits per heavy atom. The third kappa shape index (κ3) is 3.61. The van der Waals surface area contributed by atoms with Crippen LogP contribution >= 0.6 is 11.8 Å². The van der Waals surface area contributed by atoms with Crippen molar-refractivity contribution in [2.24, 2.45) is 16.6 Å². The predicted molar refractivity (Wildman–Crippen MR) is 99.0 cm³/mol. The first-order chi connectivity index (χ1) is 11.5. The highest BCUT2D eigenvalue weighted by atomic mass is 32.2. The zero-order valence-electron chi connectivity index (χ0n) is 14.8. The number of thioether (sulfide) groups is 1. The van der Waals surface area contributed by atoms with Crippen LogP contribution in [0.5, 0.6) is 0 Å². The Bertz CT molecular complexity index is 579. The molecule has 132 valence electrons. The van der Waals surface area contributed by atoms with Crippen molar-refractivity contribution in [1.82, 2.24) is 4.90 Å². The van der Waals surface area contributed by atoms with E-state index in [2.05, 4.69) is 19.1 Å². The summed E-state index contributed by atoms with van der Waals surface area (Å²) >= 11 is 1.67. The van der Waals surface area contributed by atoms with Crippen molar-refractivity contribution in [2.75, 3.05) is 14.1 Å². The summed E-state index contributed by atoms with van der Waals surface area (Å²) in [5, 5.41) is 0.996. The summed E-state index contributed by atoms with van der Waals surface area (Å²) in [7, 11) is 4.02. The van der Waals surface area contributed by atoms with Crippen LogP contribution in [0.25, 0.3) is 0 Å². The zero-order chi connectivity index (χ0) is 17.3. The van der Waals surface area contributed by atoms with Gasteiger partial charge in [-0.3, -0.25) is 4.99 Å². The van der Waals surface area contributed by atoms with Gasteiger partial charge in [-0.15, -0.1) is 0 Å². The highest BCUT2D eigenvalue weighted by Crippen LogP contribution is 2.41. The van der Waals surface area contributed by atoms with E-state index in [1.807, 2.05) is 44.1 Å². The molecule has 2 N–H and O–H groups in total. The topological polar surface area (TPSA) is 60.1 Å². The van der Waals surface area contributed by atoms with Gasteiger partial charge in [0.25, 0.3) is 0 Å². The minimum Gasteiger partial charge on any atom is -0.371 e. The second-order valence-electron chi connectivity index (χ2n) is 6.86. The Kier molecular flexibility index (Phi) is 5.49. The van der Waals surface area contributed by atoms with E-state index in [1.54, 1.807) is 11.8 Å². The van der Waals surface area contributed by atoms with Gasteiger partial charge in [-0.25, -0.2) is 0 Å². The highest BCUT2D eigenvalue weighted by molar-refractivity contribution is 8.14. The normalized spacial score (nSPS) is 33.7. The van der Waals surface area contributed by atoms with Crippen LogP contribution in [0.4, 0.5) is 0 Å². The third-order valence-corrected chi connectivity index (χ3v) is 5.91. The summed E-state index contributed by atoms with van der Waals surface area (Å²) in [5.74, 6) is 0.195. The monoisotopic (exact) mass is 349 g/mol. The maximum Gasteiger partial charge on any atom is 0.161 e. The lowest BCUT2D eigenvalue weighted by Crippen LogP contribution is -2.56. The SMILES string of the molecule is CC(N)[C@H]1O[C@@H]2SC(N(C)C)=N[C@@H]2[C@@H](OCc2ccccc2)[C@@H]1C. The maximum absolute atomic E-state index is 6.33. The summed E-state index contributed by atoms with van der Waals surface area (Å²) < 4.78 is 12.6. The Morgan fingerprint density at radius 3 is 2.67 bits per heavy atom. The predicted octanol–water partition coefficient (Wildman–Crippen LogP) is 2.31. The first kappa shape index (κ1) is 17.7. The molecule has 0 spiro atoms. The van der Waals surface area contributed by atoms with Gasteiger partial charge in [0.1, 0.15) is 11.5 Å². The van der Waals surface area contributed by atoms with Gasteiger partial charge in [0.05, 0.1) is 18.8 Å². The van der Waals surface area contributed by atoms with Crippen LogP contribution < -0.4 is 5.73 Å². The zero-order valence-corrected chi connectivity index (χ0v) is 15.6. The average molecular weight is 350 g/mol. The van der Waals surface area contributed by atoms with E-state index in [9.17, 15) is 0 Å². The lowest BCUT2D eigenvalue weighted by molar-refractivity contribution is -0.141. The largest absolute Gasteiger partial charge is 0.371 e. The molecular formula is C18H27N3O2S. The molecule has 1 fully saturated rings. The molecule has 0 aliphatic carbocycles. The first-order valence-corrected chi connectivity index (χ1v) is 9.33. The minimum absolute atomic E-state index is 0.00454. The number of amidine groups is 1. The van der Waals surface area contributed by atoms with Crippen molar-refractivity contribution in [3.8, 4) is 0 Å². The van der Waals surface area contributed by atoms with Crippen molar-refractivity contribution in [3.05, 3.63) is 35.9 Å². The molecule has 1 aromatic rings. The van der Waals surface area contributed by atoms with Gasteiger partial charge in [0, 0.05) is 26.1 Å². The van der Waals surface area contributed by atoms with Gasteiger partial charge < -0.3 is 20.1 Å². The van der Waals surface area contributed by atoms with E-state index in [-0.39, 0.29) is 35.6 Å². The Hall–Kier alpha value is -1.08. The fourth-order valence-electron chi connectivity index (χ4n) is 3.35. The lowest BCUT2D eigenvalue weighted by atomic mass is 9.87. The van der Waals surface area contributed by atoms with Gasteiger partial charge >= 0.3 is 0 Å². The van der Waals surface area contributed by atoms with Crippen molar-refractivity contribution in [2.45, 2.75) is 50.2 Å². The summed E-state index contributed by atoms with van der Waals surface area (Å²) in [6.07, 6.45) is -0.0128. The Morgan fingerprint density at radius 2 is 2.04 bits per heavy atom. The molecule has 3 rings (SSSR count). The van der Waals surface area contributed by atoms with Crippen LogP contribution in [0.3, 0.4) is 0 Å². The van der Waals surface area contributed by atoms with Crippen molar-refractivity contribution >= 4 is 16.9 Å². The van der Waals surface area contributed by atoms with E-state index in [1.165, 1.54) is 5.56 Å². The van der Waals surface area contributed by atoms with Crippen molar-refractivity contribution in [3.63, 3.8) is 0 Å². The molecule has 1 aromatic carbocycles. The number of aliphatic imine (C=N–C) groups is 1. The van der Waals surface area contributed by atoms with Crippen LogP contribution in [-0.4, -0.2) is 53.9 Å². The number of rotatable bonds is 4. The van der Waals surface area contributed by atoms with E-state index >= 15 is 0 Å². The van der Waals surface area contributed by atoms with Gasteiger partial charge in [-0.2, -0.15) is 0 Å². The summed E-state index contributed by atoms with van der Waals surface area (Å²) in [6, 6.07) is 10.2. The number of benzene rings is 1. The number of hydrogen-bond acceptors (Lipinski definition) is 6. The molecule has 2 aliphatic heterocycles. The minimum atomic E-state index is -0.0345. The molecule has 6 atom stereocenters. The molecular weight excluding hydrogens is 322 g/mol. The number of nitrogens with two attached hydrogens (primary N) is 1. The average Bonchev–Trinajstić information content (AvgIpc) is 2.98. The fourth-order valence-corrected chi connectivity index (χ4v) is 4.49. The van der Waals surface area contributed by atoms with Crippen LogP contribution in [0.15, 0.2) is 35.3 Å². The van der Waals surface area contributed by atoms with Crippen LogP contribution in [0.2, 0.25) is 0 Å². The second-order valence-corrected chi connectivity index (χ2v) is 7.93. The standard InChI is InChI=1S/C18H27N3O2S/c1-11-15(12(2)19)23-17-14(20-18(24-17)21(3)4)16(11)22-10-13-8-6-5-7-9-13/h5-9,11-12,14-17H,10,19H2,1-4H3/t11-,12?,14-,15+,16+,17-/m1/s1. The molecule has 1 saturated heterocycles. The molecule has 6 heteroatoms. The van der Waals surface area contributed by atoms with E-state index in [0.717, 1.165) is 5.17 Å². The molecule has 5 nitrogen and oxygen atoms in total. The van der Waals surface area contributed by atoms with Gasteiger partial charge in [0.2, 0.25) is 0 Å². The number of hydrogen-bond donors (Lipinski definition) is 1. The van der Waals surface area contributed by atoms with Gasteiger partial charge in [-0.05, 0) is 12.5 Å². The number of ether oxygens (including phenoxy) is 2. The molecule has 0 aromatic heterocycles. The first-order valence-electron chi connectivity index (χ1n) is 8.45. The fraction of sp³-hybridized carbons (Fsp3) is 0.611. The number of fused-ring (bicyclic) bond motifs is 1. The maximum atomic E-state index is 6.33. The van der Waals surface area contributed by atoms with Crippen molar-refractivity contribution in [1.29, 1.82) is 0 Å². The second kappa shape index (κ2) is 7.44. The summed E-state index contributed by atoms with van der Waals surface area (Å²) in [5.41, 5.74) is 7.32. The Balaban J connectivity index is 1.78. The molecule has 2 aliphatic rings. The molecule has 2 heterocycles. The van der Waals surface area contributed by atoms with Gasteiger partial charge in [-0.1, -0.05) is 49.0 Å². The smallest absolute Gasteiger partial charge is 0.161 e.